The fourth-order valence-electron chi connectivity index (χ4n) is 2.82. The quantitative estimate of drug-likeness (QED) is 0.362. The molecule has 0 unspecified atom stereocenters. The Balaban J connectivity index is 1.83. The Kier molecular flexibility index (Phi) is 5.65. The first-order valence-electron chi connectivity index (χ1n) is 8.59. The first-order chi connectivity index (χ1) is 12.5. The van der Waals surface area contributed by atoms with Crippen LogP contribution in [-0.4, -0.2) is 29.2 Å². The molecule has 0 saturated heterocycles. The summed E-state index contributed by atoms with van der Waals surface area (Å²) in [6, 6.07) is 15.2. The maximum absolute atomic E-state index is 11.5. The maximum Gasteiger partial charge on any atom is 0.293 e. The molecule has 0 saturated carbocycles. The monoisotopic (exact) mass is 354 g/mol. The van der Waals surface area contributed by atoms with E-state index in [1.54, 1.807) is 6.07 Å². The molecule has 3 rings (SSSR count). The predicted octanol–water partition coefficient (Wildman–Crippen LogP) is 4.68. The van der Waals surface area contributed by atoms with Crippen LogP contribution in [0.3, 0.4) is 0 Å². The van der Waals surface area contributed by atoms with Crippen molar-refractivity contribution in [1.82, 2.24) is 4.98 Å². The highest BCUT2D eigenvalue weighted by atomic mass is 16.6. The molecule has 3 aromatic rings. The van der Waals surface area contributed by atoms with Gasteiger partial charge in [0.05, 0.1) is 30.8 Å². The van der Waals surface area contributed by atoms with Gasteiger partial charge in [-0.2, -0.15) is 0 Å². The summed E-state index contributed by atoms with van der Waals surface area (Å²) in [5, 5.41) is 12.3. The number of hydrogen-bond acceptors (Lipinski definition) is 4. The van der Waals surface area contributed by atoms with Gasteiger partial charge in [0, 0.05) is 17.1 Å². The van der Waals surface area contributed by atoms with Crippen molar-refractivity contribution in [3.05, 3.63) is 64.2 Å². The number of ether oxygens (including phenoxy) is 2. The summed E-state index contributed by atoms with van der Waals surface area (Å²) >= 11 is 0. The number of rotatable bonds is 8. The Morgan fingerprint density at radius 2 is 1.88 bits per heavy atom. The van der Waals surface area contributed by atoms with Crippen molar-refractivity contribution in [3.8, 4) is 11.3 Å². The topological polar surface area (TPSA) is 77.4 Å². The van der Waals surface area contributed by atoms with Gasteiger partial charge in [-0.25, -0.2) is 0 Å². The van der Waals surface area contributed by atoms with Crippen LogP contribution in [0.15, 0.2) is 48.5 Å². The van der Waals surface area contributed by atoms with Crippen molar-refractivity contribution in [2.45, 2.75) is 26.6 Å². The van der Waals surface area contributed by atoms with Crippen LogP contribution >= 0.6 is 0 Å². The number of nitrogens with zero attached hydrogens (tertiary/aromatic N) is 1. The van der Waals surface area contributed by atoms with Gasteiger partial charge < -0.3 is 14.5 Å². The maximum atomic E-state index is 11.5. The van der Waals surface area contributed by atoms with Gasteiger partial charge in [0.2, 0.25) is 0 Å². The van der Waals surface area contributed by atoms with E-state index in [0.29, 0.717) is 25.3 Å². The molecule has 1 aromatic heterocycles. The Labute approximate surface area is 151 Å². The number of aromatic amines is 1. The summed E-state index contributed by atoms with van der Waals surface area (Å²) in [4.78, 5) is 14.3. The van der Waals surface area contributed by atoms with Crippen molar-refractivity contribution >= 4 is 16.6 Å². The highest BCUT2D eigenvalue weighted by molar-refractivity contribution is 5.92. The van der Waals surface area contributed by atoms with E-state index in [-0.39, 0.29) is 16.7 Å². The molecule has 136 valence electrons. The third-order valence-electron chi connectivity index (χ3n) is 4.00. The molecule has 0 radical (unpaired) electrons. The molecular formula is C20H22N2O4. The largest absolute Gasteiger partial charge is 0.376 e. The van der Waals surface area contributed by atoms with Gasteiger partial charge in [0.15, 0.2) is 0 Å². The lowest BCUT2D eigenvalue weighted by atomic mass is 10.1. The van der Waals surface area contributed by atoms with E-state index >= 15 is 0 Å². The molecule has 0 atom stereocenters. The second kappa shape index (κ2) is 8.12. The summed E-state index contributed by atoms with van der Waals surface area (Å²) in [5.74, 6) is 0. The van der Waals surface area contributed by atoms with Crippen LogP contribution in [0.4, 0.5) is 5.69 Å². The van der Waals surface area contributed by atoms with Gasteiger partial charge in [-0.05, 0) is 37.1 Å². The lowest BCUT2D eigenvalue weighted by molar-refractivity contribution is -0.383. The van der Waals surface area contributed by atoms with Crippen molar-refractivity contribution < 1.29 is 14.4 Å². The zero-order valence-corrected chi connectivity index (χ0v) is 14.9. The van der Waals surface area contributed by atoms with E-state index in [2.05, 4.69) is 4.98 Å². The predicted molar refractivity (Wildman–Crippen MR) is 101 cm³/mol. The summed E-state index contributed by atoms with van der Waals surface area (Å²) in [6.45, 7) is 5.20. The van der Waals surface area contributed by atoms with E-state index in [1.807, 2.05) is 56.3 Å². The fourth-order valence-corrected chi connectivity index (χ4v) is 2.82. The number of aromatic nitrogens is 1. The second-order valence-corrected chi connectivity index (χ2v) is 6.36. The Morgan fingerprint density at radius 3 is 2.58 bits per heavy atom. The number of benzene rings is 2. The van der Waals surface area contributed by atoms with E-state index in [4.69, 9.17) is 9.47 Å². The molecule has 0 amide bonds. The van der Waals surface area contributed by atoms with E-state index in [9.17, 15) is 10.1 Å². The summed E-state index contributed by atoms with van der Waals surface area (Å²) in [7, 11) is 0. The molecule has 0 aliphatic rings. The minimum Gasteiger partial charge on any atom is -0.376 e. The van der Waals surface area contributed by atoms with Crippen LogP contribution in [0.25, 0.3) is 22.2 Å². The standard InChI is InChI=1S/C20H22N2O4/c1-14(2)26-9-8-25-13-15-10-17-12-18(16-6-4-3-5-7-16)21-20(17)19(11-15)22(23)24/h3-7,10-12,14,21H,8-9,13H2,1-2H3. The van der Waals surface area contributed by atoms with Crippen LogP contribution in [-0.2, 0) is 16.1 Å². The number of nitrogens with one attached hydrogen (secondary N) is 1. The van der Waals surface area contributed by atoms with Crippen LogP contribution < -0.4 is 0 Å². The van der Waals surface area contributed by atoms with Crippen molar-refractivity contribution in [1.29, 1.82) is 0 Å². The van der Waals surface area contributed by atoms with Crippen LogP contribution in [0, 0.1) is 10.1 Å². The number of fused-ring (bicyclic) bond motifs is 1. The molecular weight excluding hydrogens is 332 g/mol. The van der Waals surface area contributed by atoms with Crippen LogP contribution in [0.5, 0.6) is 0 Å². The van der Waals surface area contributed by atoms with Crippen molar-refractivity contribution in [3.63, 3.8) is 0 Å². The first kappa shape index (κ1) is 18.1. The third-order valence-corrected chi connectivity index (χ3v) is 4.00. The first-order valence-corrected chi connectivity index (χ1v) is 8.59. The lowest BCUT2D eigenvalue weighted by Gasteiger charge is -2.08. The molecule has 6 heteroatoms. The number of nitro benzene ring substituents is 1. The molecule has 26 heavy (non-hydrogen) atoms. The van der Waals surface area contributed by atoms with Gasteiger partial charge in [0.1, 0.15) is 5.52 Å². The summed E-state index contributed by atoms with van der Waals surface area (Å²) < 4.78 is 11.0. The lowest BCUT2D eigenvalue weighted by Crippen LogP contribution is -2.09. The molecule has 2 aromatic carbocycles. The average Bonchev–Trinajstić information content (AvgIpc) is 3.05. The molecule has 0 spiro atoms. The molecule has 0 aliphatic heterocycles. The molecule has 6 nitrogen and oxygen atoms in total. The second-order valence-electron chi connectivity index (χ2n) is 6.36. The zero-order valence-electron chi connectivity index (χ0n) is 14.9. The van der Waals surface area contributed by atoms with Gasteiger partial charge in [-0.1, -0.05) is 30.3 Å². The normalized spacial score (nSPS) is 11.3. The zero-order chi connectivity index (χ0) is 18.5. The molecule has 1 heterocycles. The van der Waals surface area contributed by atoms with Gasteiger partial charge >= 0.3 is 0 Å². The Morgan fingerprint density at radius 1 is 1.12 bits per heavy atom. The van der Waals surface area contributed by atoms with Crippen LogP contribution in [0.1, 0.15) is 19.4 Å². The average molecular weight is 354 g/mol. The van der Waals surface area contributed by atoms with Crippen molar-refractivity contribution in [2.75, 3.05) is 13.2 Å². The molecule has 0 aliphatic carbocycles. The smallest absolute Gasteiger partial charge is 0.293 e. The fraction of sp³-hybridized carbons (Fsp3) is 0.300. The van der Waals surface area contributed by atoms with Crippen LogP contribution in [0.2, 0.25) is 0 Å². The summed E-state index contributed by atoms with van der Waals surface area (Å²) in [6.07, 6.45) is 0.160. The molecule has 0 bridgehead atoms. The Hall–Kier alpha value is -2.70. The van der Waals surface area contributed by atoms with Gasteiger partial charge in [-0.3, -0.25) is 10.1 Å². The number of hydrogen-bond donors (Lipinski definition) is 1. The molecule has 0 fully saturated rings. The highest BCUT2D eigenvalue weighted by Crippen LogP contribution is 2.31. The number of H-pyrrole nitrogens is 1. The SMILES string of the molecule is CC(C)OCCOCc1cc([N+](=O)[O-])c2[nH]c(-c3ccccc3)cc2c1. The van der Waals surface area contributed by atoms with Gasteiger partial charge in [0.25, 0.3) is 5.69 Å². The van der Waals surface area contributed by atoms with E-state index in [0.717, 1.165) is 22.2 Å². The third kappa shape index (κ3) is 4.28. The van der Waals surface area contributed by atoms with E-state index in [1.165, 1.54) is 0 Å². The van der Waals surface area contributed by atoms with E-state index < -0.39 is 0 Å². The highest BCUT2D eigenvalue weighted by Gasteiger charge is 2.17. The minimum atomic E-state index is -0.362. The minimum absolute atomic E-state index is 0.0571. The Bertz CT molecular complexity index is 887. The number of non-ortho nitro benzene ring substituents is 1. The van der Waals surface area contributed by atoms with Crippen molar-refractivity contribution in [2.24, 2.45) is 0 Å². The summed E-state index contributed by atoms with van der Waals surface area (Å²) in [5.41, 5.74) is 3.20. The molecule has 1 N–H and O–H groups in total. The van der Waals surface area contributed by atoms with Gasteiger partial charge in [-0.15, -0.1) is 0 Å². The number of nitro groups is 1.